The van der Waals surface area contributed by atoms with E-state index < -0.39 is 23.1 Å². The molecule has 1 aliphatic rings. The van der Waals surface area contributed by atoms with Gasteiger partial charge in [0.05, 0.1) is 0 Å². The molecule has 0 atom stereocenters. The molecule has 0 aromatic heterocycles. The summed E-state index contributed by atoms with van der Waals surface area (Å²) < 4.78 is 63.7. The van der Waals surface area contributed by atoms with Gasteiger partial charge in [0.25, 0.3) is 0 Å². The zero-order valence-electron chi connectivity index (χ0n) is 10.1. The van der Waals surface area contributed by atoms with Crippen LogP contribution in [0.15, 0.2) is 24.3 Å². The molecule has 1 aromatic rings. The maximum Gasteiger partial charge on any atom is 0.458 e. The van der Waals surface area contributed by atoms with Gasteiger partial charge < -0.3 is 5.73 Å². The van der Waals surface area contributed by atoms with Gasteiger partial charge in [-0.2, -0.15) is 22.0 Å². The van der Waals surface area contributed by atoms with Crippen LogP contribution >= 0.6 is 0 Å². The van der Waals surface area contributed by atoms with Crippen molar-refractivity contribution < 1.29 is 22.0 Å². The van der Waals surface area contributed by atoms with Crippen LogP contribution in [-0.4, -0.2) is 12.7 Å². The predicted octanol–water partition coefficient (Wildman–Crippen LogP) is 3.72. The first-order valence-electron chi connectivity index (χ1n) is 5.99. The SMILES string of the molecule is NCC1(c2cccc(C(F)(F)C(F)(F)F)c2)CCC1. The minimum Gasteiger partial charge on any atom is -0.330 e. The Bertz CT molecular complexity index is 457. The normalized spacial score (nSPS) is 19.1. The van der Waals surface area contributed by atoms with E-state index in [9.17, 15) is 22.0 Å². The van der Waals surface area contributed by atoms with Crippen molar-refractivity contribution in [3.8, 4) is 0 Å². The van der Waals surface area contributed by atoms with Gasteiger partial charge in [0.2, 0.25) is 0 Å². The highest BCUT2D eigenvalue weighted by molar-refractivity contribution is 5.35. The lowest BCUT2D eigenvalue weighted by Crippen LogP contribution is -2.42. The summed E-state index contributed by atoms with van der Waals surface area (Å²) in [5, 5.41) is 0. The van der Waals surface area contributed by atoms with Crippen LogP contribution in [0.2, 0.25) is 0 Å². The Balaban J connectivity index is 2.40. The van der Waals surface area contributed by atoms with Crippen LogP contribution in [0, 0.1) is 0 Å². The van der Waals surface area contributed by atoms with E-state index in [0.717, 1.165) is 31.4 Å². The number of hydrogen-bond acceptors (Lipinski definition) is 1. The topological polar surface area (TPSA) is 26.0 Å². The Morgan fingerprint density at radius 3 is 2.16 bits per heavy atom. The lowest BCUT2D eigenvalue weighted by Gasteiger charge is -2.42. The molecule has 0 spiro atoms. The predicted molar refractivity (Wildman–Crippen MR) is 61.0 cm³/mol. The lowest BCUT2D eigenvalue weighted by molar-refractivity contribution is -0.289. The van der Waals surface area contributed by atoms with Gasteiger partial charge in [-0.25, -0.2) is 0 Å². The van der Waals surface area contributed by atoms with Crippen molar-refractivity contribution in [1.29, 1.82) is 0 Å². The number of rotatable bonds is 3. The molecule has 19 heavy (non-hydrogen) atoms. The third-order valence-corrected chi connectivity index (χ3v) is 3.89. The molecule has 0 aliphatic heterocycles. The molecule has 1 aromatic carbocycles. The van der Waals surface area contributed by atoms with Gasteiger partial charge in [-0.05, 0) is 24.5 Å². The van der Waals surface area contributed by atoms with Crippen LogP contribution < -0.4 is 5.73 Å². The molecule has 1 nitrogen and oxygen atoms in total. The Morgan fingerprint density at radius 1 is 1.11 bits per heavy atom. The minimum atomic E-state index is -5.58. The van der Waals surface area contributed by atoms with Crippen molar-refractivity contribution in [3.05, 3.63) is 35.4 Å². The highest BCUT2D eigenvalue weighted by Gasteiger charge is 2.58. The number of nitrogens with two attached hydrogens (primary N) is 1. The number of hydrogen-bond donors (Lipinski definition) is 1. The van der Waals surface area contributed by atoms with E-state index in [1.165, 1.54) is 6.07 Å². The van der Waals surface area contributed by atoms with Crippen molar-refractivity contribution in [2.45, 2.75) is 36.8 Å². The van der Waals surface area contributed by atoms with Gasteiger partial charge in [0, 0.05) is 17.5 Å². The molecule has 1 fully saturated rings. The smallest absolute Gasteiger partial charge is 0.330 e. The van der Waals surface area contributed by atoms with Gasteiger partial charge in [-0.3, -0.25) is 0 Å². The fourth-order valence-corrected chi connectivity index (χ4v) is 2.42. The van der Waals surface area contributed by atoms with Gasteiger partial charge in [-0.1, -0.05) is 24.6 Å². The van der Waals surface area contributed by atoms with E-state index in [1.807, 2.05) is 0 Å². The van der Waals surface area contributed by atoms with Gasteiger partial charge >= 0.3 is 12.1 Å². The van der Waals surface area contributed by atoms with E-state index in [0.29, 0.717) is 5.56 Å². The van der Waals surface area contributed by atoms with Crippen molar-refractivity contribution in [2.24, 2.45) is 5.73 Å². The fraction of sp³-hybridized carbons (Fsp3) is 0.538. The van der Waals surface area contributed by atoms with E-state index in [-0.39, 0.29) is 6.54 Å². The molecule has 6 heteroatoms. The molecule has 0 saturated heterocycles. The molecule has 106 valence electrons. The molecular weight excluding hydrogens is 265 g/mol. The van der Waals surface area contributed by atoms with Gasteiger partial charge in [-0.15, -0.1) is 0 Å². The first-order valence-corrected chi connectivity index (χ1v) is 5.99. The first-order chi connectivity index (χ1) is 8.73. The Hall–Kier alpha value is -1.17. The number of halogens is 5. The van der Waals surface area contributed by atoms with Crippen LogP contribution in [0.1, 0.15) is 30.4 Å². The molecule has 1 aliphatic carbocycles. The van der Waals surface area contributed by atoms with Crippen molar-refractivity contribution in [1.82, 2.24) is 0 Å². The summed E-state index contributed by atoms with van der Waals surface area (Å²) in [7, 11) is 0. The van der Waals surface area contributed by atoms with Crippen molar-refractivity contribution in [3.63, 3.8) is 0 Å². The second kappa shape index (κ2) is 4.44. The van der Waals surface area contributed by atoms with E-state index in [2.05, 4.69) is 0 Å². The van der Waals surface area contributed by atoms with E-state index in [4.69, 9.17) is 5.73 Å². The van der Waals surface area contributed by atoms with Crippen LogP contribution in [0.25, 0.3) is 0 Å². The molecule has 0 amide bonds. The summed E-state index contributed by atoms with van der Waals surface area (Å²) in [6, 6.07) is 4.56. The minimum absolute atomic E-state index is 0.258. The van der Waals surface area contributed by atoms with Crippen LogP contribution in [-0.2, 0) is 11.3 Å². The monoisotopic (exact) mass is 279 g/mol. The third kappa shape index (κ3) is 2.22. The first kappa shape index (κ1) is 14.2. The molecule has 0 bridgehead atoms. The van der Waals surface area contributed by atoms with Gasteiger partial charge in [0.1, 0.15) is 0 Å². The van der Waals surface area contributed by atoms with E-state index >= 15 is 0 Å². The second-order valence-corrected chi connectivity index (χ2v) is 4.99. The number of alkyl halides is 5. The Kier molecular flexibility index (Phi) is 3.33. The highest BCUT2D eigenvalue weighted by atomic mass is 19.4. The number of benzene rings is 1. The molecule has 0 unspecified atom stereocenters. The molecule has 0 heterocycles. The van der Waals surface area contributed by atoms with Gasteiger partial charge in [0.15, 0.2) is 0 Å². The van der Waals surface area contributed by atoms with Crippen LogP contribution in [0.4, 0.5) is 22.0 Å². The summed E-state index contributed by atoms with van der Waals surface area (Å²) in [4.78, 5) is 0. The summed E-state index contributed by atoms with van der Waals surface area (Å²) >= 11 is 0. The fourth-order valence-electron chi connectivity index (χ4n) is 2.42. The maximum absolute atomic E-state index is 13.3. The maximum atomic E-state index is 13.3. The van der Waals surface area contributed by atoms with Crippen molar-refractivity contribution >= 4 is 0 Å². The summed E-state index contributed by atoms with van der Waals surface area (Å²) in [5.41, 5.74) is 4.66. The largest absolute Gasteiger partial charge is 0.458 e. The van der Waals surface area contributed by atoms with Crippen LogP contribution in [0.5, 0.6) is 0 Å². The summed E-state index contributed by atoms with van der Waals surface area (Å²) in [6.07, 6.45) is -3.21. The quantitative estimate of drug-likeness (QED) is 0.838. The standard InChI is InChI=1S/C13H14F5N/c14-12(15,13(16,17)18)10-4-1-3-9(7-10)11(8-19)5-2-6-11/h1,3-4,7H,2,5-6,8,19H2. The third-order valence-electron chi connectivity index (χ3n) is 3.89. The van der Waals surface area contributed by atoms with Crippen molar-refractivity contribution in [2.75, 3.05) is 6.54 Å². The summed E-state index contributed by atoms with van der Waals surface area (Å²) in [6.45, 7) is 0.258. The molecule has 1 saturated carbocycles. The molecule has 2 rings (SSSR count). The summed E-state index contributed by atoms with van der Waals surface area (Å²) in [5.74, 6) is -4.83. The molecule has 2 N–H and O–H groups in total. The Morgan fingerprint density at radius 2 is 1.74 bits per heavy atom. The average Bonchev–Trinajstić information content (AvgIpc) is 2.27. The molecule has 0 radical (unpaired) electrons. The molecular formula is C13H14F5N. The average molecular weight is 279 g/mol. The Labute approximate surface area is 107 Å². The zero-order chi connectivity index (χ0) is 14.3. The highest BCUT2D eigenvalue weighted by Crippen LogP contribution is 2.47. The zero-order valence-corrected chi connectivity index (χ0v) is 10.1. The van der Waals surface area contributed by atoms with E-state index in [1.54, 1.807) is 6.07 Å². The van der Waals surface area contributed by atoms with Crippen LogP contribution in [0.3, 0.4) is 0 Å². The lowest BCUT2D eigenvalue weighted by atomic mass is 9.64. The second-order valence-electron chi connectivity index (χ2n) is 4.99.